The van der Waals surface area contributed by atoms with Crippen molar-refractivity contribution in [3.05, 3.63) is 60.8 Å². The van der Waals surface area contributed by atoms with Gasteiger partial charge in [-0.1, -0.05) is 325 Å². The number of unbranched alkanes of at least 4 members (excludes halogenated alkanes) is 42. The van der Waals surface area contributed by atoms with E-state index in [1.807, 2.05) is 6.08 Å². The highest BCUT2D eigenvalue weighted by atomic mass is 16.7. The third-order valence-electron chi connectivity index (χ3n) is 18.5. The molecule has 532 valence electrons. The van der Waals surface area contributed by atoms with Crippen molar-refractivity contribution in [1.29, 1.82) is 0 Å². The molecule has 2 aliphatic rings. The average Bonchev–Trinajstić information content (AvgIpc) is 1.07. The van der Waals surface area contributed by atoms with Crippen LogP contribution in [0.2, 0.25) is 0 Å². The fraction of sp³-hybridized carbons (Fsp3) is 0.857. The lowest BCUT2D eigenvalue weighted by Crippen LogP contribution is -2.65. The molecule has 0 saturated carbocycles. The first-order valence-electron chi connectivity index (χ1n) is 38.0. The summed E-state index contributed by atoms with van der Waals surface area (Å²) in [5.41, 5.74) is 0. The number of aliphatic hydroxyl groups is 8. The van der Waals surface area contributed by atoms with Crippen LogP contribution in [-0.4, -0.2) is 140 Å². The van der Waals surface area contributed by atoms with Crippen LogP contribution in [0.1, 0.15) is 328 Å². The van der Waals surface area contributed by atoms with Crippen LogP contribution in [0.25, 0.3) is 0 Å². The third kappa shape index (κ3) is 44.9. The highest BCUT2D eigenvalue weighted by Gasteiger charge is 2.51. The molecule has 0 aromatic rings. The molecule has 12 atom stereocenters. The Kier molecular flexibility index (Phi) is 57.1. The number of rotatable bonds is 63. The summed E-state index contributed by atoms with van der Waals surface area (Å²) in [6.07, 6.45) is 65.7. The second-order valence-electron chi connectivity index (χ2n) is 26.8. The van der Waals surface area contributed by atoms with E-state index in [1.165, 1.54) is 238 Å². The largest absolute Gasteiger partial charge is 0.394 e. The lowest BCUT2D eigenvalue weighted by molar-refractivity contribution is -0.359. The quantitative estimate of drug-likeness (QED) is 0.0204. The Morgan fingerprint density at radius 2 is 0.758 bits per heavy atom. The van der Waals surface area contributed by atoms with E-state index in [4.69, 9.17) is 18.9 Å². The van der Waals surface area contributed by atoms with Gasteiger partial charge >= 0.3 is 0 Å². The van der Waals surface area contributed by atoms with Crippen molar-refractivity contribution in [3.63, 3.8) is 0 Å². The third-order valence-corrected chi connectivity index (χ3v) is 18.5. The first kappa shape index (κ1) is 84.8. The summed E-state index contributed by atoms with van der Waals surface area (Å²) < 4.78 is 22.9. The molecule has 0 aromatic heterocycles. The van der Waals surface area contributed by atoms with Crippen molar-refractivity contribution in [2.24, 2.45) is 0 Å². The first-order chi connectivity index (χ1) is 44.6. The molecular formula is C77H141NO13. The lowest BCUT2D eigenvalue weighted by Gasteiger charge is -2.46. The Balaban J connectivity index is 1.65. The molecule has 0 aliphatic carbocycles. The molecule has 1 amide bonds. The summed E-state index contributed by atoms with van der Waals surface area (Å²) in [7, 11) is 0. The first-order valence-corrected chi connectivity index (χ1v) is 38.0. The maximum absolute atomic E-state index is 13.4. The van der Waals surface area contributed by atoms with Crippen LogP contribution < -0.4 is 5.32 Å². The van der Waals surface area contributed by atoms with Gasteiger partial charge in [-0.25, -0.2) is 0 Å². The smallest absolute Gasteiger partial charge is 0.220 e. The maximum Gasteiger partial charge on any atom is 0.220 e. The Hall–Kier alpha value is -2.31. The van der Waals surface area contributed by atoms with E-state index in [2.05, 4.69) is 67.8 Å². The molecule has 2 saturated heterocycles. The van der Waals surface area contributed by atoms with Gasteiger partial charge in [-0.2, -0.15) is 0 Å². The molecular weight excluding hydrogens is 1150 g/mol. The minimum absolute atomic E-state index is 0.237. The number of carbonyl (C=O) groups is 1. The van der Waals surface area contributed by atoms with Crippen LogP contribution in [0.15, 0.2) is 60.8 Å². The van der Waals surface area contributed by atoms with Gasteiger partial charge in [0, 0.05) is 6.42 Å². The summed E-state index contributed by atoms with van der Waals surface area (Å²) in [6, 6.07) is -0.919. The minimum atomic E-state index is -1.79. The van der Waals surface area contributed by atoms with E-state index in [1.54, 1.807) is 6.08 Å². The number of ether oxygens (including phenoxy) is 4. The number of amides is 1. The van der Waals surface area contributed by atoms with Crippen molar-refractivity contribution >= 4 is 5.91 Å². The average molecular weight is 1290 g/mol. The zero-order chi connectivity index (χ0) is 65.9. The van der Waals surface area contributed by atoms with Crippen LogP contribution in [0, 0.1) is 0 Å². The second-order valence-corrected chi connectivity index (χ2v) is 26.8. The van der Waals surface area contributed by atoms with Crippen LogP contribution in [0.5, 0.6) is 0 Å². The van der Waals surface area contributed by atoms with Gasteiger partial charge in [0.2, 0.25) is 5.91 Å². The number of hydrogen-bond donors (Lipinski definition) is 9. The van der Waals surface area contributed by atoms with Gasteiger partial charge < -0.3 is 65.1 Å². The second kappa shape index (κ2) is 61.3. The maximum atomic E-state index is 13.4. The number of nitrogens with one attached hydrogen (secondary N) is 1. The van der Waals surface area contributed by atoms with E-state index in [0.29, 0.717) is 6.42 Å². The van der Waals surface area contributed by atoms with Gasteiger partial charge in [0.1, 0.15) is 48.8 Å². The molecule has 2 rings (SSSR count). The van der Waals surface area contributed by atoms with Crippen LogP contribution in [0.4, 0.5) is 0 Å². The number of carbonyl (C=O) groups excluding carboxylic acids is 1. The molecule has 0 radical (unpaired) electrons. The Bertz CT molecular complexity index is 1760. The molecule has 2 heterocycles. The summed E-state index contributed by atoms with van der Waals surface area (Å²) in [5.74, 6) is -0.237. The van der Waals surface area contributed by atoms with Gasteiger partial charge in [0.05, 0.1) is 32.0 Å². The molecule has 14 heteroatoms. The van der Waals surface area contributed by atoms with Crippen LogP contribution in [-0.2, 0) is 23.7 Å². The van der Waals surface area contributed by atoms with E-state index >= 15 is 0 Å². The lowest BCUT2D eigenvalue weighted by atomic mass is 9.97. The Labute approximate surface area is 556 Å². The summed E-state index contributed by atoms with van der Waals surface area (Å²) >= 11 is 0. The van der Waals surface area contributed by atoms with Crippen molar-refractivity contribution in [2.45, 2.75) is 402 Å². The number of hydrogen-bond acceptors (Lipinski definition) is 13. The standard InChI is InChI=1S/C77H141NO13/c1-3-5-7-9-11-13-15-17-19-21-23-25-27-29-31-32-33-35-36-38-40-42-44-46-48-50-52-54-56-58-60-66(81)65(64-88-76-74(87)72(85)75(68(63-80)90-76)91-77-73(86)71(84)70(83)67(62-79)89-77)78-69(82)61-59-57-55-53-51-49-47-45-43-41-39-37-34-30-28-26-24-22-20-18-16-14-12-10-8-6-4-2/h6,8,12,14,18,20,24,26,58,60,65-68,70-77,79-81,83-87H,3-5,7,9-11,13,15-17,19,21-23,25,27-57,59,61-64H2,1-2H3,(H,78,82)/b8-6-,14-12-,20-18-,26-24-,60-58+. The van der Waals surface area contributed by atoms with Gasteiger partial charge in [0.25, 0.3) is 0 Å². The molecule has 2 fully saturated rings. The van der Waals surface area contributed by atoms with E-state index in [9.17, 15) is 45.6 Å². The SMILES string of the molecule is CC/C=C\C/C=C\C/C=C\C/C=C\CCCCCCCCCCCCCCCCC(=O)NC(COC1OC(CO)C(OC2OC(CO)C(O)C(O)C2O)C(O)C1O)C(O)/C=C/CCCCCCCCCCCCCCCCCCCCCCCCCCCCCC. The van der Waals surface area contributed by atoms with Crippen molar-refractivity contribution in [1.82, 2.24) is 5.32 Å². The Morgan fingerprint density at radius 3 is 1.16 bits per heavy atom. The van der Waals surface area contributed by atoms with E-state index in [-0.39, 0.29) is 18.9 Å². The predicted molar refractivity (Wildman–Crippen MR) is 374 cm³/mol. The normalized spacial score (nSPS) is 23.1. The molecule has 2 aliphatic heterocycles. The van der Waals surface area contributed by atoms with E-state index < -0.39 is 86.8 Å². The zero-order valence-electron chi connectivity index (χ0n) is 58.1. The molecule has 91 heavy (non-hydrogen) atoms. The predicted octanol–water partition coefficient (Wildman–Crippen LogP) is 16.4. The number of aliphatic hydroxyl groups excluding tert-OH is 8. The van der Waals surface area contributed by atoms with Gasteiger partial charge in [0.15, 0.2) is 12.6 Å². The van der Waals surface area contributed by atoms with Crippen LogP contribution >= 0.6 is 0 Å². The monoisotopic (exact) mass is 1290 g/mol. The van der Waals surface area contributed by atoms with Gasteiger partial charge in [-0.3, -0.25) is 4.79 Å². The molecule has 0 spiro atoms. The van der Waals surface area contributed by atoms with Crippen LogP contribution in [0.3, 0.4) is 0 Å². The molecule has 12 unspecified atom stereocenters. The fourth-order valence-electron chi connectivity index (χ4n) is 12.5. The zero-order valence-corrected chi connectivity index (χ0v) is 58.1. The van der Waals surface area contributed by atoms with E-state index in [0.717, 1.165) is 64.2 Å². The van der Waals surface area contributed by atoms with Gasteiger partial charge in [-0.15, -0.1) is 0 Å². The van der Waals surface area contributed by atoms with Crippen molar-refractivity contribution in [2.75, 3.05) is 19.8 Å². The summed E-state index contributed by atoms with van der Waals surface area (Å²) in [6.45, 7) is 2.73. The van der Waals surface area contributed by atoms with Gasteiger partial charge in [-0.05, 0) is 57.8 Å². The topological polar surface area (TPSA) is 228 Å². The molecule has 0 aromatic carbocycles. The molecule has 0 bridgehead atoms. The highest BCUT2D eigenvalue weighted by molar-refractivity contribution is 5.76. The molecule has 9 N–H and O–H groups in total. The summed E-state index contributed by atoms with van der Waals surface area (Å²) in [4.78, 5) is 13.4. The summed E-state index contributed by atoms with van der Waals surface area (Å²) in [5, 5.41) is 87.6. The highest BCUT2D eigenvalue weighted by Crippen LogP contribution is 2.30. The number of allylic oxidation sites excluding steroid dienone is 9. The molecule has 14 nitrogen and oxygen atoms in total. The minimum Gasteiger partial charge on any atom is -0.394 e. The van der Waals surface area contributed by atoms with Crippen molar-refractivity contribution in [3.8, 4) is 0 Å². The fourth-order valence-corrected chi connectivity index (χ4v) is 12.5. The Morgan fingerprint density at radius 1 is 0.407 bits per heavy atom. The van der Waals surface area contributed by atoms with Crippen molar-refractivity contribution < 1.29 is 64.6 Å².